The monoisotopic (exact) mass is 161 g/mol. The fourth-order valence-corrected chi connectivity index (χ4v) is 0.686. The highest BCUT2D eigenvalue weighted by atomic mass is 35.5. The van der Waals surface area contributed by atoms with Crippen LogP contribution < -0.4 is 5.32 Å². The van der Waals surface area contributed by atoms with Crippen molar-refractivity contribution in [3.05, 3.63) is 12.2 Å². The molecule has 0 aromatic heterocycles. The summed E-state index contributed by atoms with van der Waals surface area (Å²) in [4.78, 5) is 0. The van der Waals surface area contributed by atoms with Crippen molar-refractivity contribution < 1.29 is 0 Å². The van der Waals surface area contributed by atoms with Crippen LogP contribution in [0.3, 0.4) is 0 Å². The largest absolute Gasteiger partial charge is 0.311 e. The lowest BCUT2D eigenvalue weighted by molar-refractivity contribution is 0.567. The molecule has 0 aliphatic rings. The predicted octanol–water partition coefficient (Wildman–Crippen LogP) is 2.17. The molecule has 0 aromatic rings. The van der Waals surface area contributed by atoms with Gasteiger partial charge in [-0.1, -0.05) is 19.1 Å². The Morgan fingerprint density at radius 1 is 1.50 bits per heavy atom. The highest BCUT2D eigenvalue weighted by molar-refractivity contribution is 6.18. The van der Waals surface area contributed by atoms with Gasteiger partial charge in [-0.15, -0.1) is 11.6 Å². The zero-order chi connectivity index (χ0) is 7.82. The second kappa shape index (κ2) is 7.10. The maximum atomic E-state index is 5.44. The Morgan fingerprint density at radius 3 is 2.70 bits per heavy atom. The first kappa shape index (κ1) is 9.99. The Labute approximate surface area is 68.5 Å². The molecule has 0 spiro atoms. The standard InChI is InChI=1S/C8H16ClN/c1-3-8(2)10-7-5-4-6-9/h4-5,8,10H,3,6-7H2,1-2H3/b5-4+. The first-order chi connectivity index (χ1) is 4.81. The average molecular weight is 162 g/mol. The van der Waals surface area contributed by atoms with Crippen LogP contribution >= 0.6 is 11.6 Å². The minimum Gasteiger partial charge on any atom is -0.311 e. The van der Waals surface area contributed by atoms with Crippen molar-refractivity contribution in [2.75, 3.05) is 12.4 Å². The molecular weight excluding hydrogens is 146 g/mol. The summed E-state index contributed by atoms with van der Waals surface area (Å²) < 4.78 is 0. The molecule has 0 bridgehead atoms. The number of allylic oxidation sites excluding steroid dienone is 1. The van der Waals surface area contributed by atoms with Crippen molar-refractivity contribution in [2.24, 2.45) is 0 Å². The molecule has 1 unspecified atom stereocenters. The Bertz CT molecular complexity index is 91.3. The molecule has 0 fully saturated rings. The summed E-state index contributed by atoms with van der Waals surface area (Å²) in [7, 11) is 0. The van der Waals surface area contributed by atoms with Gasteiger partial charge >= 0.3 is 0 Å². The van der Waals surface area contributed by atoms with E-state index in [-0.39, 0.29) is 0 Å². The normalized spacial score (nSPS) is 14.3. The summed E-state index contributed by atoms with van der Waals surface area (Å²) in [6.07, 6.45) is 5.19. The summed E-state index contributed by atoms with van der Waals surface area (Å²) in [5, 5.41) is 3.32. The Hall–Kier alpha value is -0.0100. The fraction of sp³-hybridized carbons (Fsp3) is 0.750. The van der Waals surface area contributed by atoms with E-state index in [4.69, 9.17) is 11.6 Å². The predicted molar refractivity (Wildman–Crippen MR) is 47.6 cm³/mol. The molecule has 0 radical (unpaired) electrons. The smallest absolute Gasteiger partial charge is 0.0404 e. The zero-order valence-corrected chi connectivity index (χ0v) is 7.49. The number of hydrogen-bond acceptors (Lipinski definition) is 1. The van der Waals surface area contributed by atoms with E-state index in [0.29, 0.717) is 11.9 Å². The van der Waals surface area contributed by atoms with Gasteiger partial charge in [0.25, 0.3) is 0 Å². The van der Waals surface area contributed by atoms with Gasteiger partial charge in [-0.25, -0.2) is 0 Å². The van der Waals surface area contributed by atoms with Gasteiger partial charge in [0.15, 0.2) is 0 Å². The SMILES string of the molecule is CCC(C)NC/C=C/CCl. The summed E-state index contributed by atoms with van der Waals surface area (Å²) in [6, 6.07) is 0.611. The van der Waals surface area contributed by atoms with Crippen LogP contribution in [0.1, 0.15) is 20.3 Å². The highest BCUT2D eigenvalue weighted by Crippen LogP contribution is 1.86. The molecular formula is C8H16ClN. The number of alkyl halides is 1. The Kier molecular flexibility index (Phi) is 7.09. The Balaban J connectivity index is 3.10. The molecule has 0 rings (SSSR count). The van der Waals surface area contributed by atoms with Crippen LogP contribution in [0.5, 0.6) is 0 Å². The molecule has 10 heavy (non-hydrogen) atoms. The number of halogens is 1. The van der Waals surface area contributed by atoms with Gasteiger partial charge in [-0.05, 0) is 13.3 Å². The van der Waals surface area contributed by atoms with Crippen molar-refractivity contribution in [2.45, 2.75) is 26.3 Å². The number of nitrogens with one attached hydrogen (secondary N) is 1. The third-order valence-electron chi connectivity index (χ3n) is 1.45. The molecule has 0 heterocycles. The minimum atomic E-state index is 0.611. The van der Waals surface area contributed by atoms with Crippen molar-refractivity contribution >= 4 is 11.6 Å². The van der Waals surface area contributed by atoms with Gasteiger partial charge in [-0.3, -0.25) is 0 Å². The summed E-state index contributed by atoms with van der Waals surface area (Å²) in [5.74, 6) is 0.613. The number of rotatable bonds is 5. The van der Waals surface area contributed by atoms with Crippen LogP contribution in [0.15, 0.2) is 12.2 Å². The lowest BCUT2D eigenvalue weighted by Gasteiger charge is -2.07. The van der Waals surface area contributed by atoms with Gasteiger partial charge in [-0.2, -0.15) is 0 Å². The molecule has 1 N–H and O–H groups in total. The topological polar surface area (TPSA) is 12.0 Å². The van der Waals surface area contributed by atoms with Gasteiger partial charge in [0, 0.05) is 18.5 Å². The molecule has 60 valence electrons. The summed E-state index contributed by atoms with van der Waals surface area (Å²) in [5.41, 5.74) is 0. The lowest BCUT2D eigenvalue weighted by atomic mass is 10.2. The first-order valence-electron chi connectivity index (χ1n) is 3.75. The van der Waals surface area contributed by atoms with E-state index in [2.05, 4.69) is 25.2 Å². The van der Waals surface area contributed by atoms with Crippen molar-refractivity contribution in [3.63, 3.8) is 0 Å². The van der Waals surface area contributed by atoms with Crippen molar-refractivity contribution in [1.82, 2.24) is 5.32 Å². The van der Waals surface area contributed by atoms with Gasteiger partial charge in [0.2, 0.25) is 0 Å². The highest BCUT2D eigenvalue weighted by Gasteiger charge is 1.91. The third-order valence-corrected chi connectivity index (χ3v) is 1.63. The molecule has 1 atom stereocenters. The Morgan fingerprint density at radius 2 is 2.20 bits per heavy atom. The van der Waals surface area contributed by atoms with Crippen LogP contribution in [-0.2, 0) is 0 Å². The summed E-state index contributed by atoms with van der Waals surface area (Å²) >= 11 is 5.44. The molecule has 0 aliphatic heterocycles. The fourth-order valence-electron chi connectivity index (χ4n) is 0.560. The molecule has 0 saturated heterocycles. The average Bonchev–Trinajstić information content (AvgIpc) is 1.98. The van der Waals surface area contributed by atoms with Crippen molar-refractivity contribution in [3.8, 4) is 0 Å². The van der Waals surface area contributed by atoms with Gasteiger partial charge in [0.1, 0.15) is 0 Å². The van der Waals surface area contributed by atoms with E-state index >= 15 is 0 Å². The van der Waals surface area contributed by atoms with E-state index in [1.165, 1.54) is 6.42 Å². The number of hydrogen-bond donors (Lipinski definition) is 1. The molecule has 2 heteroatoms. The quantitative estimate of drug-likeness (QED) is 0.482. The second-order valence-corrected chi connectivity index (χ2v) is 2.65. The van der Waals surface area contributed by atoms with Gasteiger partial charge in [0.05, 0.1) is 0 Å². The zero-order valence-electron chi connectivity index (χ0n) is 6.73. The first-order valence-corrected chi connectivity index (χ1v) is 4.29. The molecule has 0 saturated carbocycles. The minimum absolute atomic E-state index is 0.611. The summed E-state index contributed by atoms with van der Waals surface area (Å²) in [6.45, 7) is 5.28. The molecule has 0 aliphatic carbocycles. The molecule has 0 amide bonds. The maximum absolute atomic E-state index is 5.44. The molecule has 0 aromatic carbocycles. The van der Waals surface area contributed by atoms with Crippen LogP contribution in [0.25, 0.3) is 0 Å². The van der Waals surface area contributed by atoms with E-state index in [0.717, 1.165) is 6.54 Å². The van der Waals surface area contributed by atoms with E-state index in [9.17, 15) is 0 Å². The second-order valence-electron chi connectivity index (χ2n) is 2.34. The van der Waals surface area contributed by atoms with Crippen LogP contribution in [-0.4, -0.2) is 18.5 Å². The molecule has 1 nitrogen and oxygen atoms in total. The van der Waals surface area contributed by atoms with Crippen LogP contribution in [0.2, 0.25) is 0 Å². The third kappa shape index (κ3) is 6.12. The lowest BCUT2D eigenvalue weighted by Crippen LogP contribution is -2.24. The van der Waals surface area contributed by atoms with Crippen molar-refractivity contribution in [1.29, 1.82) is 0 Å². The van der Waals surface area contributed by atoms with Gasteiger partial charge < -0.3 is 5.32 Å². The maximum Gasteiger partial charge on any atom is 0.0404 e. The van der Waals surface area contributed by atoms with Crippen LogP contribution in [0, 0.1) is 0 Å². The van der Waals surface area contributed by atoms with E-state index < -0.39 is 0 Å². The van der Waals surface area contributed by atoms with E-state index in [1.807, 2.05) is 6.08 Å². The van der Waals surface area contributed by atoms with E-state index in [1.54, 1.807) is 0 Å². The van der Waals surface area contributed by atoms with Crippen LogP contribution in [0.4, 0.5) is 0 Å².